The maximum Gasteiger partial charge on any atom is 0.216 e. The lowest BCUT2D eigenvalue weighted by atomic mass is 10.1. The number of hydrogen-bond acceptors (Lipinski definition) is 3. The summed E-state index contributed by atoms with van der Waals surface area (Å²) >= 11 is 0. The number of nitrogens with one attached hydrogen (secondary N) is 2. The van der Waals surface area contributed by atoms with Crippen molar-refractivity contribution in [3.63, 3.8) is 0 Å². The van der Waals surface area contributed by atoms with Crippen LogP contribution in [0.25, 0.3) is 0 Å². The van der Waals surface area contributed by atoms with Gasteiger partial charge in [-0.1, -0.05) is 45.0 Å². The van der Waals surface area contributed by atoms with Crippen LogP contribution >= 0.6 is 0 Å². The van der Waals surface area contributed by atoms with Gasteiger partial charge in [-0.3, -0.25) is 0 Å². The highest BCUT2D eigenvalue weighted by molar-refractivity contribution is 7.88. The van der Waals surface area contributed by atoms with Gasteiger partial charge in [0.1, 0.15) is 0 Å². The predicted octanol–water partition coefficient (Wildman–Crippen LogP) is 2.40. The third-order valence-electron chi connectivity index (χ3n) is 3.29. The molecule has 0 amide bonds. The van der Waals surface area contributed by atoms with Crippen molar-refractivity contribution in [3.8, 4) is 0 Å². The predicted molar refractivity (Wildman–Crippen MR) is 84.0 cm³/mol. The van der Waals surface area contributed by atoms with Gasteiger partial charge in [0, 0.05) is 12.6 Å². The second kappa shape index (κ2) is 8.39. The molecule has 5 heteroatoms. The molecule has 1 aromatic rings. The van der Waals surface area contributed by atoms with Gasteiger partial charge in [0.05, 0.1) is 5.75 Å². The second-order valence-electron chi connectivity index (χ2n) is 4.99. The van der Waals surface area contributed by atoms with Crippen molar-refractivity contribution in [1.29, 1.82) is 0 Å². The molecule has 0 heterocycles. The average Bonchev–Trinajstić information content (AvgIpc) is 2.43. The van der Waals surface area contributed by atoms with E-state index in [2.05, 4.69) is 17.0 Å². The van der Waals surface area contributed by atoms with E-state index in [1.807, 2.05) is 38.1 Å². The summed E-state index contributed by atoms with van der Waals surface area (Å²) in [5, 5.41) is 3.24. The van der Waals surface area contributed by atoms with Gasteiger partial charge < -0.3 is 5.32 Å². The quantitative estimate of drug-likeness (QED) is 0.736. The van der Waals surface area contributed by atoms with E-state index in [-0.39, 0.29) is 11.8 Å². The highest BCUT2D eigenvalue weighted by Crippen LogP contribution is 2.09. The summed E-state index contributed by atoms with van der Waals surface area (Å²) in [6.07, 6.45) is 1.63. The van der Waals surface area contributed by atoms with E-state index in [9.17, 15) is 8.42 Å². The molecule has 2 N–H and O–H groups in total. The fourth-order valence-corrected chi connectivity index (χ4v) is 3.55. The van der Waals surface area contributed by atoms with Crippen LogP contribution in [0.1, 0.15) is 44.7 Å². The van der Waals surface area contributed by atoms with Crippen LogP contribution in [0.5, 0.6) is 0 Å². The van der Waals surface area contributed by atoms with Crippen molar-refractivity contribution in [2.45, 2.75) is 52.0 Å². The minimum atomic E-state index is -3.25. The molecule has 0 saturated carbocycles. The Morgan fingerprint density at radius 1 is 1.00 bits per heavy atom. The summed E-state index contributed by atoms with van der Waals surface area (Å²) in [5.41, 5.74) is 1.99. The number of hydrogen-bond donors (Lipinski definition) is 2. The molecule has 0 aromatic heterocycles. The minimum Gasteiger partial charge on any atom is -0.313 e. The van der Waals surface area contributed by atoms with Crippen LogP contribution in [0.15, 0.2) is 24.3 Å². The molecule has 0 aliphatic carbocycles. The van der Waals surface area contributed by atoms with E-state index < -0.39 is 10.0 Å². The maximum atomic E-state index is 12.1. The molecule has 0 spiro atoms. The van der Waals surface area contributed by atoms with Gasteiger partial charge in [-0.2, -0.15) is 0 Å². The lowest BCUT2D eigenvalue weighted by Crippen LogP contribution is -2.34. The number of rotatable bonds is 9. The minimum absolute atomic E-state index is 0.0352. The topological polar surface area (TPSA) is 58.2 Å². The second-order valence-corrected chi connectivity index (χ2v) is 6.74. The van der Waals surface area contributed by atoms with Crippen LogP contribution < -0.4 is 10.0 Å². The van der Waals surface area contributed by atoms with Crippen molar-refractivity contribution >= 4 is 10.0 Å². The maximum absolute atomic E-state index is 12.1. The molecule has 0 unspecified atom stereocenters. The molecule has 0 aliphatic rings. The molecule has 0 atom stereocenters. The Morgan fingerprint density at radius 2 is 1.55 bits per heavy atom. The van der Waals surface area contributed by atoms with Gasteiger partial charge in [0.2, 0.25) is 10.0 Å². The van der Waals surface area contributed by atoms with Crippen molar-refractivity contribution in [2.24, 2.45) is 0 Å². The zero-order valence-electron chi connectivity index (χ0n) is 12.6. The molecule has 0 radical (unpaired) electrons. The van der Waals surface area contributed by atoms with Crippen molar-refractivity contribution in [2.75, 3.05) is 6.54 Å². The summed E-state index contributed by atoms with van der Waals surface area (Å²) in [5.74, 6) is 0.0466. The molecular weight excluding hydrogens is 272 g/mol. The van der Waals surface area contributed by atoms with Gasteiger partial charge in [-0.25, -0.2) is 13.1 Å². The summed E-state index contributed by atoms with van der Waals surface area (Å²) in [6.45, 7) is 7.79. The Hall–Kier alpha value is -0.910. The van der Waals surface area contributed by atoms with Crippen LogP contribution in [0.3, 0.4) is 0 Å². The first-order chi connectivity index (χ1) is 9.50. The third-order valence-corrected chi connectivity index (χ3v) is 4.70. The fraction of sp³-hybridized carbons (Fsp3) is 0.600. The smallest absolute Gasteiger partial charge is 0.216 e. The Balaban J connectivity index is 2.63. The summed E-state index contributed by atoms with van der Waals surface area (Å²) in [7, 11) is -3.25. The molecule has 4 nitrogen and oxygen atoms in total. The molecule has 0 bridgehead atoms. The summed E-state index contributed by atoms with van der Waals surface area (Å²) in [6, 6.07) is 7.76. The monoisotopic (exact) mass is 298 g/mol. The highest BCUT2D eigenvalue weighted by Gasteiger charge is 2.15. The molecular formula is C15H26N2O2S. The normalized spacial score (nSPS) is 12.0. The highest BCUT2D eigenvalue weighted by atomic mass is 32.2. The third kappa shape index (κ3) is 6.03. The lowest BCUT2D eigenvalue weighted by molar-refractivity contribution is 0.529. The molecule has 114 valence electrons. The Kier molecular flexibility index (Phi) is 7.19. The van der Waals surface area contributed by atoms with Crippen LogP contribution in [-0.2, 0) is 22.3 Å². The van der Waals surface area contributed by atoms with Crippen molar-refractivity contribution < 1.29 is 8.42 Å². The van der Waals surface area contributed by atoms with E-state index in [1.54, 1.807) is 0 Å². The van der Waals surface area contributed by atoms with E-state index in [0.717, 1.165) is 31.5 Å². The average molecular weight is 298 g/mol. The molecule has 1 rings (SSSR count). The molecule has 0 aliphatic heterocycles. The Labute approximate surface area is 123 Å². The Bertz CT molecular complexity index is 479. The number of benzene rings is 1. The molecule has 20 heavy (non-hydrogen) atoms. The zero-order valence-corrected chi connectivity index (χ0v) is 13.5. The van der Waals surface area contributed by atoms with Gasteiger partial charge >= 0.3 is 0 Å². The number of sulfonamides is 1. The fourth-order valence-electron chi connectivity index (χ4n) is 1.99. The van der Waals surface area contributed by atoms with Crippen LogP contribution in [0, 0.1) is 0 Å². The lowest BCUT2D eigenvalue weighted by Gasteiger charge is -2.15. The largest absolute Gasteiger partial charge is 0.313 e. The SMILES string of the molecule is CCNCc1ccc(CS(=O)(=O)NC(CC)CC)cc1. The standard InChI is InChI=1S/C15H26N2O2S/c1-4-15(5-2)17-20(18,19)12-14-9-7-13(8-10-14)11-16-6-3/h7-10,15-17H,4-6,11-12H2,1-3H3. The van der Waals surface area contributed by atoms with E-state index in [1.165, 1.54) is 5.56 Å². The van der Waals surface area contributed by atoms with Gasteiger partial charge in [0.15, 0.2) is 0 Å². The van der Waals surface area contributed by atoms with Gasteiger partial charge in [-0.15, -0.1) is 0 Å². The van der Waals surface area contributed by atoms with Crippen molar-refractivity contribution in [3.05, 3.63) is 35.4 Å². The first-order valence-electron chi connectivity index (χ1n) is 7.29. The van der Waals surface area contributed by atoms with E-state index in [0.29, 0.717) is 0 Å². The zero-order chi connectivity index (χ0) is 15.0. The summed E-state index contributed by atoms with van der Waals surface area (Å²) in [4.78, 5) is 0. The van der Waals surface area contributed by atoms with Crippen LogP contribution in [-0.4, -0.2) is 21.0 Å². The van der Waals surface area contributed by atoms with Gasteiger partial charge in [0.25, 0.3) is 0 Å². The van der Waals surface area contributed by atoms with Gasteiger partial charge in [-0.05, 0) is 30.5 Å². The molecule has 1 aromatic carbocycles. The van der Waals surface area contributed by atoms with Crippen molar-refractivity contribution in [1.82, 2.24) is 10.0 Å². The van der Waals surface area contributed by atoms with E-state index >= 15 is 0 Å². The summed E-state index contributed by atoms with van der Waals surface area (Å²) < 4.78 is 26.9. The van der Waals surface area contributed by atoms with Crippen LogP contribution in [0.2, 0.25) is 0 Å². The van der Waals surface area contributed by atoms with Crippen LogP contribution in [0.4, 0.5) is 0 Å². The van der Waals surface area contributed by atoms with E-state index in [4.69, 9.17) is 0 Å². The molecule has 0 saturated heterocycles. The first kappa shape index (κ1) is 17.1. The first-order valence-corrected chi connectivity index (χ1v) is 8.94. The Morgan fingerprint density at radius 3 is 2.05 bits per heavy atom. The molecule has 0 fully saturated rings.